The molecule has 2 amide bonds. The van der Waals surface area contributed by atoms with E-state index in [2.05, 4.69) is 15.4 Å². The third-order valence-electron chi connectivity index (χ3n) is 4.02. The maximum Gasteiger partial charge on any atom is 0.251 e. The van der Waals surface area contributed by atoms with Crippen LogP contribution in [0.2, 0.25) is 0 Å². The zero-order chi connectivity index (χ0) is 21.3. The van der Waals surface area contributed by atoms with Gasteiger partial charge in [0.2, 0.25) is 15.9 Å². The number of hydrogen-bond acceptors (Lipinski definition) is 5. The van der Waals surface area contributed by atoms with Gasteiger partial charge in [0, 0.05) is 18.7 Å². The van der Waals surface area contributed by atoms with Crippen molar-refractivity contribution in [2.45, 2.75) is 24.8 Å². The van der Waals surface area contributed by atoms with E-state index in [1.807, 2.05) is 6.92 Å². The molecule has 0 fully saturated rings. The van der Waals surface area contributed by atoms with Crippen molar-refractivity contribution in [3.05, 3.63) is 59.7 Å². The molecule has 156 valence electrons. The Morgan fingerprint density at radius 3 is 2.34 bits per heavy atom. The van der Waals surface area contributed by atoms with Gasteiger partial charge in [-0.3, -0.25) is 9.59 Å². The van der Waals surface area contributed by atoms with Crippen LogP contribution in [-0.2, 0) is 21.4 Å². The molecule has 2 aromatic rings. The maximum absolute atomic E-state index is 12.5. The van der Waals surface area contributed by atoms with Crippen LogP contribution in [0.25, 0.3) is 0 Å². The van der Waals surface area contributed by atoms with E-state index in [1.165, 1.54) is 13.2 Å². The van der Waals surface area contributed by atoms with E-state index in [4.69, 9.17) is 4.74 Å². The van der Waals surface area contributed by atoms with Crippen LogP contribution in [0.1, 0.15) is 29.3 Å². The van der Waals surface area contributed by atoms with Gasteiger partial charge in [-0.05, 0) is 36.2 Å². The van der Waals surface area contributed by atoms with Crippen LogP contribution in [0.15, 0.2) is 53.4 Å². The van der Waals surface area contributed by atoms with E-state index in [0.717, 1.165) is 6.42 Å². The van der Waals surface area contributed by atoms with Gasteiger partial charge in [-0.1, -0.05) is 31.2 Å². The van der Waals surface area contributed by atoms with Crippen LogP contribution in [0, 0.1) is 0 Å². The van der Waals surface area contributed by atoms with Gasteiger partial charge >= 0.3 is 0 Å². The highest BCUT2D eigenvalue weighted by atomic mass is 32.2. The number of carbonyl (C=O) groups is 2. The van der Waals surface area contributed by atoms with Crippen LogP contribution in [-0.4, -0.2) is 40.4 Å². The maximum atomic E-state index is 12.5. The van der Waals surface area contributed by atoms with E-state index in [0.29, 0.717) is 17.7 Å². The molecule has 0 aliphatic rings. The summed E-state index contributed by atoms with van der Waals surface area (Å²) in [5.41, 5.74) is 1.06. The Hall–Kier alpha value is -2.91. The van der Waals surface area contributed by atoms with Crippen LogP contribution < -0.4 is 20.1 Å². The van der Waals surface area contributed by atoms with Crippen molar-refractivity contribution in [3.8, 4) is 5.75 Å². The summed E-state index contributed by atoms with van der Waals surface area (Å²) in [5, 5.41) is 5.21. The molecule has 0 spiro atoms. The van der Waals surface area contributed by atoms with Gasteiger partial charge < -0.3 is 15.4 Å². The molecular formula is C20H25N3O5S. The number of ether oxygens (including phenoxy) is 1. The Kier molecular flexibility index (Phi) is 8.17. The monoisotopic (exact) mass is 419 g/mol. The summed E-state index contributed by atoms with van der Waals surface area (Å²) in [5.74, 6) is -0.365. The normalized spacial score (nSPS) is 11.0. The van der Waals surface area contributed by atoms with Gasteiger partial charge in [-0.25, -0.2) is 13.1 Å². The number of nitrogens with one attached hydrogen (secondary N) is 3. The van der Waals surface area contributed by atoms with E-state index in [9.17, 15) is 18.0 Å². The lowest BCUT2D eigenvalue weighted by molar-refractivity contribution is -0.120. The van der Waals surface area contributed by atoms with Gasteiger partial charge in [0.05, 0.1) is 13.7 Å². The molecule has 0 atom stereocenters. The minimum atomic E-state index is -3.75. The molecule has 29 heavy (non-hydrogen) atoms. The number of sulfonamides is 1. The summed E-state index contributed by atoms with van der Waals surface area (Å²) < 4.78 is 32.6. The number of carbonyl (C=O) groups excluding carboxylic acids is 2. The predicted octanol–water partition coefficient (Wildman–Crippen LogP) is 1.43. The number of para-hydroxylation sites is 1. The predicted molar refractivity (Wildman–Crippen MR) is 109 cm³/mol. The molecule has 0 aromatic heterocycles. The molecule has 2 aromatic carbocycles. The molecule has 3 N–H and O–H groups in total. The van der Waals surface area contributed by atoms with Crippen molar-refractivity contribution in [2.24, 2.45) is 0 Å². The van der Waals surface area contributed by atoms with Crippen molar-refractivity contribution in [3.63, 3.8) is 0 Å². The fraction of sp³-hybridized carbons (Fsp3) is 0.300. The Bertz CT molecular complexity index is 943. The second kappa shape index (κ2) is 10.6. The van der Waals surface area contributed by atoms with Crippen LogP contribution >= 0.6 is 0 Å². The lowest BCUT2D eigenvalue weighted by atomic mass is 10.1. The van der Waals surface area contributed by atoms with Crippen molar-refractivity contribution in [1.29, 1.82) is 0 Å². The van der Waals surface area contributed by atoms with Crippen LogP contribution in [0.3, 0.4) is 0 Å². The second-order valence-electron chi connectivity index (χ2n) is 6.20. The molecule has 0 radical (unpaired) electrons. The highest BCUT2D eigenvalue weighted by Crippen LogP contribution is 2.22. The van der Waals surface area contributed by atoms with Crippen LogP contribution in [0.4, 0.5) is 0 Å². The minimum absolute atomic E-state index is 0.0554. The van der Waals surface area contributed by atoms with E-state index < -0.39 is 10.0 Å². The van der Waals surface area contributed by atoms with Crippen molar-refractivity contribution < 1.29 is 22.7 Å². The lowest BCUT2D eigenvalue weighted by Crippen LogP contribution is -2.37. The lowest BCUT2D eigenvalue weighted by Gasteiger charge is -2.11. The van der Waals surface area contributed by atoms with E-state index in [-0.39, 0.29) is 35.5 Å². The SMILES string of the molecule is CCCNC(=O)CNC(=O)c1ccc(CNS(=O)(=O)c2ccccc2OC)cc1. The van der Waals surface area contributed by atoms with Crippen molar-refractivity contribution >= 4 is 21.8 Å². The number of benzene rings is 2. The van der Waals surface area contributed by atoms with Crippen LogP contribution in [0.5, 0.6) is 5.75 Å². The second-order valence-corrected chi connectivity index (χ2v) is 7.94. The van der Waals surface area contributed by atoms with Gasteiger partial charge in [-0.15, -0.1) is 0 Å². The summed E-state index contributed by atoms with van der Waals surface area (Å²) in [6, 6.07) is 12.8. The number of methoxy groups -OCH3 is 1. The molecule has 0 aliphatic carbocycles. The molecule has 0 unspecified atom stereocenters. The van der Waals surface area contributed by atoms with Gasteiger partial charge in [0.15, 0.2) is 0 Å². The highest BCUT2D eigenvalue weighted by molar-refractivity contribution is 7.89. The third kappa shape index (κ3) is 6.58. The Morgan fingerprint density at radius 1 is 1.00 bits per heavy atom. The molecule has 0 saturated carbocycles. The third-order valence-corrected chi connectivity index (χ3v) is 5.46. The molecule has 2 rings (SSSR count). The summed E-state index contributed by atoms with van der Waals surface area (Å²) in [6.45, 7) is 2.46. The Morgan fingerprint density at radius 2 is 1.69 bits per heavy atom. The standard InChI is InChI=1S/C20H25N3O5S/c1-3-12-21-19(24)14-22-20(25)16-10-8-15(9-11-16)13-23-29(26,27)18-7-5-4-6-17(18)28-2/h4-11,23H,3,12-14H2,1-2H3,(H,21,24)(H,22,25). The quantitative estimate of drug-likeness (QED) is 0.539. The summed E-state index contributed by atoms with van der Waals surface area (Å²) >= 11 is 0. The molecule has 9 heteroatoms. The topological polar surface area (TPSA) is 114 Å². The molecule has 0 saturated heterocycles. The first kappa shape index (κ1) is 22.4. The van der Waals surface area contributed by atoms with Crippen molar-refractivity contribution in [1.82, 2.24) is 15.4 Å². The summed E-state index contributed by atoms with van der Waals surface area (Å²) in [6.07, 6.45) is 0.821. The average molecular weight is 420 g/mol. The van der Waals surface area contributed by atoms with Crippen molar-refractivity contribution in [2.75, 3.05) is 20.2 Å². The first-order valence-electron chi connectivity index (χ1n) is 9.14. The summed E-state index contributed by atoms with van der Waals surface area (Å²) in [7, 11) is -2.34. The molecule has 8 nitrogen and oxygen atoms in total. The minimum Gasteiger partial charge on any atom is -0.495 e. The molecule has 0 heterocycles. The number of rotatable bonds is 10. The fourth-order valence-corrected chi connectivity index (χ4v) is 3.65. The molecular weight excluding hydrogens is 394 g/mol. The Labute approximate surface area is 170 Å². The molecule has 0 bridgehead atoms. The first-order chi connectivity index (χ1) is 13.9. The van der Waals surface area contributed by atoms with Gasteiger partial charge in [-0.2, -0.15) is 0 Å². The number of amides is 2. The number of hydrogen-bond donors (Lipinski definition) is 3. The van der Waals surface area contributed by atoms with Gasteiger partial charge in [0.1, 0.15) is 10.6 Å². The highest BCUT2D eigenvalue weighted by Gasteiger charge is 2.18. The van der Waals surface area contributed by atoms with E-state index >= 15 is 0 Å². The first-order valence-corrected chi connectivity index (χ1v) is 10.6. The van der Waals surface area contributed by atoms with Gasteiger partial charge in [0.25, 0.3) is 5.91 Å². The summed E-state index contributed by atoms with van der Waals surface area (Å²) in [4.78, 5) is 23.7. The largest absolute Gasteiger partial charge is 0.495 e. The van der Waals surface area contributed by atoms with E-state index in [1.54, 1.807) is 42.5 Å². The fourth-order valence-electron chi connectivity index (χ4n) is 2.46. The Balaban J connectivity index is 1.93. The smallest absolute Gasteiger partial charge is 0.251 e. The molecule has 0 aliphatic heterocycles. The average Bonchev–Trinajstić information content (AvgIpc) is 2.74. The zero-order valence-electron chi connectivity index (χ0n) is 16.4. The zero-order valence-corrected chi connectivity index (χ0v) is 17.2.